The van der Waals surface area contributed by atoms with E-state index < -0.39 is 10.0 Å². The summed E-state index contributed by atoms with van der Waals surface area (Å²) in [4.78, 5) is 0. The average molecular weight is 353 g/mol. The van der Waals surface area contributed by atoms with Gasteiger partial charge in [-0.25, -0.2) is 12.8 Å². The number of nitrogens with one attached hydrogen (secondary N) is 1. The van der Waals surface area contributed by atoms with E-state index in [1.54, 1.807) is 18.2 Å². The highest BCUT2D eigenvalue weighted by Crippen LogP contribution is 2.26. The van der Waals surface area contributed by atoms with Crippen LogP contribution in [-0.4, -0.2) is 27.9 Å². The summed E-state index contributed by atoms with van der Waals surface area (Å²) < 4.78 is 50.1. The van der Waals surface area contributed by atoms with E-state index in [0.717, 1.165) is 5.56 Å². The minimum atomic E-state index is -3.51. The molecule has 0 aliphatic carbocycles. The second-order valence-electron chi connectivity index (χ2n) is 5.28. The molecule has 0 radical (unpaired) electrons. The Hall–Kier alpha value is -2.28. The second kappa shape index (κ2) is 8.01. The minimum Gasteiger partial charge on any atom is -0.495 e. The maximum absolute atomic E-state index is 12.8. The number of benzene rings is 2. The van der Waals surface area contributed by atoms with Gasteiger partial charge in [-0.05, 0) is 55.3 Å². The number of methoxy groups -OCH3 is 1. The zero-order chi connectivity index (χ0) is 17.6. The molecule has 0 fully saturated rings. The molecular formula is C17H20FNO4S. The molecule has 2 aromatic carbocycles. The van der Waals surface area contributed by atoms with Gasteiger partial charge < -0.3 is 9.47 Å². The van der Waals surface area contributed by atoms with Gasteiger partial charge in [-0.3, -0.25) is 4.72 Å². The smallest absolute Gasteiger partial charge is 0.232 e. The standard InChI is InChI=1S/C17H20FNO4S/c1-13-4-9-16(17(12-13)22-2)19-24(20,21)11-3-10-23-15-7-5-14(18)6-8-15/h4-9,12,19H,3,10-11H2,1-2H3. The third-order valence-electron chi connectivity index (χ3n) is 3.26. The lowest BCUT2D eigenvalue weighted by atomic mass is 10.2. The quantitative estimate of drug-likeness (QED) is 0.739. The molecule has 7 heteroatoms. The van der Waals surface area contributed by atoms with E-state index in [0.29, 0.717) is 23.6 Å². The van der Waals surface area contributed by atoms with E-state index in [-0.39, 0.29) is 18.2 Å². The van der Waals surface area contributed by atoms with Crippen LogP contribution in [0.4, 0.5) is 10.1 Å². The van der Waals surface area contributed by atoms with Crippen LogP contribution in [0.15, 0.2) is 42.5 Å². The summed E-state index contributed by atoms with van der Waals surface area (Å²) >= 11 is 0. The van der Waals surface area contributed by atoms with Gasteiger partial charge in [-0.15, -0.1) is 0 Å². The molecule has 24 heavy (non-hydrogen) atoms. The molecule has 0 unspecified atom stereocenters. The maximum Gasteiger partial charge on any atom is 0.232 e. The first-order valence-electron chi connectivity index (χ1n) is 7.43. The van der Waals surface area contributed by atoms with Crippen LogP contribution in [0.1, 0.15) is 12.0 Å². The summed E-state index contributed by atoms with van der Waals surface area (Å²) in [6.07, 6.45) is 0.306. The van der Waals surface area contributed by atoms with Gasteiger partial charge in [-0.1, -0.05) is 6.07 Å². The lowest BCUT2D eigenvalue weighted by molar-refractivity contribution is 0.317. The SMILES string of the molecule is COc1cc(C)ccc1NS(=O)(=O)CCCOc1ccc(F)cc1. The molecule has 130 valence electrons. The van der Waals surface area contributed by atoms with Crippen molar-refractivity contribution >= 4 is 15.7 Å². The molecule has 0 saturated carbocycles. The van der Waals surface area contributed by atoms with Gasteiger partial charge in [0, 0.05) is 0 Å². The number of anilines is 1. The van der Waals surface area contributed by atoms with Crippen LogP contribution in [0, 0.1) is 12.7 Å². The molecule has 0 amide bonds. The van der Waals surface area contributed by atoms with E-state index in [9.17, 15) is 12.8 Å². The molecule has 0 aromatic heterocycles. The Morgan fingerprint density at radius 2 is 1.83 bits per heavy atom. The number of sulfonamides is 1. The van der Waals surface area contributed by atoms with Gasteiger partial charge in [0.1, 0.15) is 17.3 Å². The zero-order valence-corrected chi connectivity index (χ0v) is 14.4. The van der Waals surface area contributed by atoms with Crippen molar-refractivity contribution in [2.24, 2.45) is 0 Å². The number of hydrogen-bond acceptors (Lipinski definition) is 4. The van der Waals surface area contributed by atoms with Crippen molar-refractivity contribution in [3.05, 3.63) is 53.8 Å². The van der Waals surface area contributed by atoms with Gasteiger partial charge in [0.05, 0.1) is 25.2 Å². The van der Waals surface area contributed by atoms with Crippen LogP contribution >= 0.6 is 0 Å². The van der Waals surface area contributed by atoms with Gasteiger partial charge >= 0.3 is 0 Å². The molecule has 5 nitrogen and oxygen atoms in total. The molecule has 2 rings (SSSR count). The van der Waals surface area contributed by atoms with E-state index in [2.05, 4.69) is 4.72 Å². The highest BCUT2D eigenvalue weighted by molar-refractivity contribution is 7.92. The molecule has 0 saturated heterocycles. The van der Waals surface area contributed by atoms with Crippen LogP contribution in [0.25, 0.3) is 0 Å². The number of aryl methyl sites for hydroxylation is 1. The van der Waals surface area contributed by atoms with Gasteiger partial charge in [0.2, 0.25) is 10.0 Å². The third-order valence-corrected chi connectivity index (χ3v) is 4.62. The van der Waals surface area contributed by atoms with Crippen molar-refractivity contribution in [2.75, 3.05) is 24.2 Å². The van der Waals surface area contributed by atoms with Crippen LogP contribution in [0.2, 0.25) is 0 Å². The first kappa shape index (κ1) is 18.1. The first-order valence-corrected chi connectivity index (χ1v) is 9.08. The second-order valence-corrected chi connectivity index (χ2v) is 7.12. The van der Waals surface area contributed by atoms with E-state index in [1.165, 1.54) is 31.4 Å². The first-order chi connectivity index (χ1) is 11.4. The molecule has 0 aliphatic rings. The molecule has 0 heterocycles. The summed E-state index contributed by atoms with van der Waals surface area (Å²) in [5.74, 6) is 0.537. The molecule has 0 aliphatic heterocycles. The highest BCUT2D eigenvalue weighted by Gasteiger charge is 2.13. The number of ether oxygens (including phenoxy) is 2. The summed E-state index contributed by atoms with van der Waals surface area (Å²) in [5.41, 5.74) is 1.38. The Morgan fingerprint density at radius 3 is 2.50 bits per heavy atom. The minimum absolute atomic E-state index is 0.0920. The van der Waals surface area contributed by atoms with Crippen molar-refractivity contribution in [1.29, 1.82) is 0 Å². The fourth-order valence-electron chi connectivity index (χ4n) is 2.07. The third kappa shape index (κ3) is 5.42. The van der Waals surface area contributed by atoms with E-state index >= 15 is 0 Å². The maximum atomic E-state index is 12.8. The Morgan fingerprint density at radius 1 is 1.12 bits per heavy atom. The predicted molar refractivity (Wildman–Crippen MR) is 91.7 cm³/mol. The lowest BCUT2D eigenvalue weighted by Crippen LogP contribution is -2.18. The Kier molecular flexibility index (Phi) is 6.03. The monoisotopic (exact) mass is 353 g/mol. The highest BCUT2D eigenvalue weighted by atomic mass is 32.2. The fraction of sp³-hybridized carbons (Fsp3) is 0.294. The van der Waals surface area contributed by atoms with Crippen molar-refractivity contribution in [3.63, 3.8) is 0 Å². The Bertz CT molecular complexity index is 776. The van der Waals surface area contributed by atoms with Gasteiger partial charge in [0.25, 0.3) is 0 Å². The van der Waals surface area contributed by atoms with Crippen LogP contribution in [0.5, 0.6) is 11.5 Å². The largest absolute Gasteiger partial charge is 0.495 e. The number of rotatable bonds is 8. The summed E-state index contributed by atoms with van der Waals surface area (Å²) in [6, 6.07) is 10.8. The number of halogens is 1. The molecule has 2 aromatic rings. The van der Waals surface area contributed by atoms with Crippen LogP contribution in [-0.2, 0) is 10.0 Å². The Balaban J connectivity index is 1.86. The van der Waals surface area contributed by atoms with Crippen LogP contribution < -0.4 is 14.2 Å². The lowest BCUT2D eigenvalue weighted by Gasteiger charge is -2.12. The molecule has 1 N–H and O–H groups in total. The average Bonchev–Trinajstić information content (AvgIpc) is 2.54. The summed E-state index contributed by atoms with van der Waals surface area (Å²) in [5, 5.41) is 0. The van der Waals surface area contributed by atoms with Gasteiger partial charge in [0.15, 0.2) is 0 Å². The molecule has 0 spiro atoms. The number of hydrogen-bond donors (Lipinski definition) is 1. The predicted octanol–water partition coefficient (Wildman–Crippen LogP) is 3.35. The van der Waals surface area contributed by atoms with E-state index in [1.807, 2.05) is 6.92 Å². The molecule has 0 bridgehead atoms. The fourth-order valence-corrected chi connectivity index (χ4v) is 3.17. The van der Waals surface area contributed by atoms with E-state index in [4.69, 9.17) is 9.47 Å². The van der Waals surface area contributed by atoms with Crippen molar-refractivity contribution in [1.82, 2.24) is 0 Å². The topological polar surface area (TPSA) is 64.6 Å². The Labute approximate surface area is 141 Å². The van der Waals surface area contributed by atoms with Gasteiger partial charge in [-0.2, -0.15) is 0 Å². The van der Waals surface area contributed by atoms with Crippen molar-refractivity contribution < 1.29 is 22.3 Å². The van der Waals surface area contributed by atoms with Crippen molar-refractivity contribution in [2.45, 2.75) is 13.3 Å². The summed E-state index contributed by atoms with van der Waals surface area (Å²) in [7, 11) is -2.02. The van der Waals surface area contributed by atoms with Crippen molar-refractivity contribution in [3.8, 4) is 11.5 Å². The zero-order valence-electron chi connectivity index (χ0n) is 13.6. The molecular weight excluding hydrogens is 333 g/mol. The normalized spacial score (nSPS) is 11.1. The summed E-state index contributed by atoms with van der Waals surface area (Å²) in [6.45, 7) is 2.12. The van der Waals surface area contributed by atoms with Crippen LogP contribution in [0.3, 0.4) is 0 Å². The molecule has 0 atom stereocenters.